The van der Waals surface area contributed by atoms with Crippen LogP contribution in [0.25, 0.3) is 11.1 Å². The molecule has 0 atom stereocenters. The van der Waals surface area contributed by atoms with E-state index in [0.29, 0.717) is 0 Å². The van der Waals surface area contributed by atoms with Crippen LogP contribution >= 0.6 is 12.9 Å². The molecule has 0 N–H and O–H groups in total. The van der Waals surface area contributed by atoms with Crippen LogP contribution in [0.5, 0.6) is 0 Å². The summed E-state index contributed by atoms with van der Waals surface area (Å²) in [6, 6.07) is 20.9. The van der Waals surface area contributed by atoms with Gasteiger partial charge in [0.25, 0.3) is 0 Å². The Hall–Kier alpha value is -1.70. The molecule has 0 spiro atoms. The third-order valence-corrected chi connectivity index (χ3v) is 15.4. The number of aromatic nitrogens is 2. The molecule has 2 aromatic heterocycles. The maximum Gasteiger partial charge on any atom is 0.113 e. The molecule has 0 fully saturated rings. The number of pyridine rings is 2. The molecule has 0 aliphatic carbocycles. The second-order valence-electron chi connectivity index (χ2n) is 7.00. The van der Waals surface area contributed by atoms with Crippen LogP contribution in [0, 0.1) is 0 Å². The number of benzene rings is 2. The predicted molar refractivity (Wildman–Crippen MR) is 127 cm³/mol. The Balaban J connectivity index is 1.74. The first-order chi connectivity index (χ1) is 13.7. The monoisotopic (exact) mass is 432 g/mol. The summed E-state index contributed by atoms with van der Waals surface area (Å²) in [4.78, 5) is 9.29. The van der Waals surface area contributed by atoms with Crippen molar-refractivity contribution in [3.8, 4) is 11.1 Å². The van der Waals surface area contributed by atoms with Gasteiger partial charge in [0.2, 0.25) is 0 Å². The lowest BCUT2D eigenvalue weighted by Crippen LogP contribution is -2.33. The topological polar surface area (TPSA) is 25.8 Å². The minimum Gasteiger partial charge on any atom is -0.540 e. The molecular weight excluding hydrogens is 418 g/mol. The summed E-state index contributed by atoms with van der Waals surface area (Å²) in [6.07, 6.45) is 7.91. The van der Waals surface area contributed by atoms with Gasteiger partial charge in [0, 0.05) is 0 Å². The third kappa shape index (κ3) is 1.95. The van der Waals surface area contributed by atoms with Gasteiger partial charge in [-0.15, -0.1) is 0 Å². The third-order valence-electron chi connectivity index (χ3n) is 5.66. The first-order valence-corrected chi connectivity index (χ1v) is 14.6. The SMILES string of the molecule is [S-][P+]1(c2ccccc2)c2cncc3c2-c2c1cncc2[P+]3([S-])c1ccccc1. The number of rotatable bonds is 2. The molecule has 2 aliphatic rings. The van der Waals surface area contributed by atoms with Crippen molar-refractivity contribution in [1.29, 1.82) is 0 Å². The normalized spacial score (nSPS) is 16.8. The van der Waals surface area contributed by atoms with Gasteiger partial charge in [-0.2, -0.15) is 0 Å². The maximum atomic E-state index is 6.43. The van der Waals surface area contributed by atoms with Gasteiger partial charge in [-0.3, -0.25) is 9.97 Å². The Bertz CT molecular complexity index is 1100. The molecular formula is C22H14N2P2S2. The highest BCUT2D eigenvalue weighted by Crippen LogP contribution is 2.68. The van der Waals surface area contributed by atoms with Gasteiger partial charge < -0.3 is 24.5 Å². The zero-order chi connectivity index (χ0) is 18.9. The second-order valence-corrected chi connectivity index (χ2v) is 15.7. The maximum absolute atomic E-state index is 6.43. The average molecular weight is 432 g/mol. The molecule has 2 aliphatic heterocycles. The van der Waals surface area contributed by atoms with E-state index in [4.69, 9.17) is 24.5 Å². The zero-order valence-electron chi connectivity index (χ0n) is 14.7. The van der Waals surface area contributed by atoms with Gasteiger partial charge in [0.15, 0.2) is 0 Å². The van der Waals surface area contributed by atoms with Crippen molar-refractivity contribution >= 4 is 69.3 Å². The van der Waals surface area contributed by atoms with Crippen molar-refractivity contribution in [2.75, 3.05) is 0 Å². The molecule has 0 saturated carbocycles. The van der Waals surface area contributed by atoms with E-state index in [2.05, 4.69) is 58.5 Å². The highest BCUT2D eigenvalue weighted by atomic mass is 32.7. The first-order valence-electron chi connectivity index (χ1n) is 8.97. The van der Waals surface area contributed by atoms with Crippen molar-refractivity contribution in [1.82, 2.24) is 9.97 Å². The molecule has 0 unspecified atom stereocenters. The summed E-state index contributed by atoms with van der Waals surface area (Å²) in [6.45, 7) is -4.31. The Morgan fingerprint density at radius 2 is 0.821 bits per heavy atom. The van der Waals surface area contributed by atoms with Crippen molar-refractivity contribution in [2.45, 2.75) is 0 Å². The Kier molecular flexibility index (Phi) is 3.62. The highest BCUT2D eigenvalue weighted by molar-refractivity contribution is 8.53. The highest BCUT2D eigenvalue weighted by Gasteiger charge is 2.56. The van der Waals surface area contributed by atoms with Gasteiger partial charge in [-0.05, 0) is 37.2 Å². The summed E-state index contributed by atoms with van der Waals surface area (Å²) in [5.41, 5.74) is 2.50. The summed E-state index contributed by atoms with van der Waals surface area (Å²) in [5.74, 6) is 0. The lowest BCUT2D eigenvalue weighted by Gasteiger charge is -2.33. The van der Waals surface area contributed by atoms with E-state index in [1.54, 1.807) is 0 Å². The van der Waals surface area contributed by atoms with Crippen LogP contribution in [-0.2, 0) is 24.5 Å². The summed E-state index contributed by atoms with van der Waals surface area (Å²) in [5, 5.41) is 7.10. The van der Waals surface area contributed by atoms with Gasteiger partial charge in [0.1, 0.15) is 21.2 Å². The number of nitrogens with zero attached hydrogens (tertiary/aromatic N) is 2. The van der Waals surface area contributed by atoms with E-state index in [-0.39, 0.29) is 0 Å². The van der Waals surface area contributed by atoms with Crippen LogP contribution < -0.4 is 31.8 Å². The Labute approximate surface area is 175 Å². The smallest absolute Gasteiger partial charge is 0.113 e. The molecule has 28 heavy (non-hydrogen) atoms. The number of hydrogen-bond acceptors (Lipinski definition) is 4. The summed E-state index contributed by atoms with van der Waals surface area (Å²) in [7, 11) is 0. The van der Waals surface area contributed by atoms with E-state index in [9.17, 15) is 0 Å². The van der Waals surface area contributed by atoms with Crippen molar-refractivity contribution in [3.63, 3.8) is 0 Å². The summed E-state index contributed by atoms with van der Waals surface area (Å²) >= 11 is 12.9. The van der Waals surface area contributed by atoms with Crippen LogP contribution in [0.4, 0.5) is 0 Å². The number of hydrogen-bond donors (Lipinski definition) is 0. The van der Waals surface area contributed by atoms with Crippen molar-refractivity contribution in [2.24, 2.45) is 0 Å². The van der Waals surface area contributed by atoms with Crippen LogP contribution in [0.2, 0.25) is 0 Å². The predicted octanol–water partition coefficient (Wildman–Crippen LogP) is 2.28. The van der Waals surface area contributed by atoms with Crippen LogP contribution in [0.1, 0.15) is 0 Å². The van der Waals surface area contributed by atoms with Crippen molar-refractivity contribution < 1.29 is 0 Å². The average Bonchev–Trinajstić information content (AvgIpc) is 3.20. The largest absolute Gasteiger partial charge is 0.540 e. The van der Waals surface area contributed by atoms with Gasteiger partial charge in [-0.25, -0.2) is 0 Å². The molecule has 0 radical (unpaired) electrons. The van der Waals surface area contributed by atoms with E-state index in [1.807, 2.05) is 36.9 Å². The zero-order valence-corrected chi connectivity index (χ0v) is 18.1. The lowest BCUT2D eigenvalue weighted by atomic mass is 10.1. The lowest BCUT2D eigenvalue weighted by molar-refractivity contribution is 1.37. The van der Waals surface area contributed by atoms with E-state index < -0.39 is 12.9 Å². The fourth-order valence-corrected chi connectivity index (χ4v) is 12.9. The fourth-order valence-electron chi connectivity index (χ4n) is 4.44. The minimum atomic E-state index is -2.16. The van der Waals surface area contributed by atoms with Crippen LogP contribution in [0.15, 0.2) is 85.5 Å². The Morgan fingerprint density at radius 3 is 1.14 bits per heavy atom. The van der Waals surface area contributed by atoms with Gasteiger partial charge >= 0.3 is 0 Å². The molecule has 6 heteroatoms. The van der Waals surface area contributed by atoms with Crippen LogP contribution in [-0.4, -0.2) is 9.97 Å². The van der Waals surface area contributed by atoms with E-state index >= 15 is 0 Å². The fraction of sp³-hybridized carbons (Fsp3) is 0. The second kappa shape index (κ2) is 5.90. The standard InChI is InChI=1S/C22H14N2P2S2/c27-25(15-7-3-1-4-8-15)17-11-23-13-19-21(17)22-18(25)12-24-14-20(22)26(19,28)16-9-5-2-6-10-16/h1-14H. The molecule has 0 saturated heterocycles. The molecule has 134 valence electrons. The molecule has 0 bridgehead atoms. The molecule has 2 aromatic carbocycles. The Morgan fingerprint density at radius 1 is 0.500 bits per heavy atom. The molecule has 0 amide bonds. The molecule has 4 heterocycles. The van der Waals surface area contributed by atoms with E-state index in [1.165, 1.54) is 43.0 Å². The molecule has 2 nitrogen and oxygen atoms in total. The molecule has 6 rings (SSSR count). The first kappa shape index (κ1) is 17.2. The van der Waals surface area contributed by atoms with Gasteiger partial charge in [0.05, 0.1) is 46.5 Å². The minimum absolute atomic E-state index is 1.18. The van der Waals surface area contributed by atoms with E-state index in [0.717, 1.165) is 0 Å². The van der Waals surface area contributed by atoms with Gasteiger partial charge in [-0.1, -0.05) is 36.4 Å². The quantitative estimate of drug-likeness (QED) is 0.359. The summed E-state index contributed by atoms with van der Waals surface area (Å²) < 4.78 is 0. The molecule has 4 aromatic rings. The van der Waals surface area contributed by atoms with Crippen molar-refractivity contribution in [3.05, 3.63) is 85.5 Å². The van der Waals surface area contributed by atoms with Crippen LogP contribution in [0.3, 0.4) is 0 Å².